The van der Waals surface area contributed by atoms with Gasteiger partial charge in [-0.1, -0.05) is 140 Å². The van der Waals surface area contributed by atoms with Crippen LogP contribution in [0.4, 0.5) is 11.4 Å². The van der Waals surface area contributed by atoms with Gasteiger partial charge in [0.15, 0.2) is 0 Å². The van der Waals surface area contributed by atoms with Crippen LogP contribution in [0, 0.1) is 11.8 Å². The molecule has 4 aliphatic rings. The van der Waals surface area contributed by atoms with E-state index in [0.717, 1.165) is 6.54 Å². The molecule has 1 heterocycles. The summed E-state index contributed by atoms with van der Waals surface area (Å²) in [6, 6.07) is 40.5. The van der Waals surface area contributed by atoms with Crippen LogP contribution in [0.15, 0.2) is 115 Å². The number of allylic oxidation sites excluding steroid dienone is 2. The van der Waals surface area contributed by atoms with Gasteiger partial charge < -0.3 is 4.90 Å². The molecule has 0 aromatic heterocycles. The average Bonchev–Trinajstić information content (AvgIpc) is 3.49. The van der Waals surface area contributed by atoms with Crippen LogP contribution in [-0.4, -0.2) is 6.54 Å². The van der Waals surface area contributed by atoms with Gasteiger partial charge in [-0.3, -0.25) is 0 Å². The molecule has 9 rings (SSSR count). The van der Waals surface area contributed by atoms with Gasteiger partial charge in [0, 0.05) is 17.9 Å². The minimum atomic E-state index is 0.579. The summed E-state index contributed by atoms with van der Waals surface area (Å²) in [5.41, 5.74) is 18.1. The molecule has 5 aromatic rings. The van der Waals surface area contributed by atoms with Crippen molar-refractivity contribution in [3.8, 4) is 0 Å². The zero-order valence-corrected chi connectivity index (χ0v) is 28.1. The topological polar surface area (TPSA) is 3.24 Å². The van der Waals surface area contributed by atoms with Gasteiger partial charge in [0.1, 0.15) is 0 Å². The maximum absolute atomic E-state index is 2.50. The molecule has 1 saturated carbocycles. The molecule has 1 aliphatic heterocycles. The predicted octanol–water partition coefficient (Wildman–Crippen LogP) is 12.8. The van der Waals surface area contributed by atoms with Gasteiger partial charge in [-0.2, -0.15) is 0 Å². The van der Waals surface area contributed by atoms with Crippen LogP contribution in [-0.2, 0) is 0 Å². The summed E-state index contributed by atoms with van der Waals surface area (Å²) >= 11 is 0. The highest BCUT2D eigenvalue weighted by atomic mass is 15.1. The fraction of sp³-hybridized carbons (Fsp3) is 0.167. The van der Waals surface area contributed by atoms with E-state index in [0.29, 0.717) is 11.8 Å². The Morgan fingerprint density at radius 3 is 1.71 bits per heavy atom. The number of nitrogens with zero attached hydrogens (tertiary/aromatic N) is 1. The van der Waals surface area contributed by atoms with Crippen LogP contribution in [0.5, 0.6) is 0 Å². The highest BCUT2D eigenvalue weighted by Gasteiger charge is 2.30. The summed E-state index contributed by atoms with van der Waals surface area (Å²) in [7, 11) is 0. The number of benzene rings is 5. The molecule has 0 amide bonds. The molecule has 1 fully saturated rings. The zero-order chi connectivity index (χ0) is 32.7. The van der Waals surface area contributed by atoms with Gasteiger partial charge >= 0.3 is 0 Å². The SMILES string of the molecule is CCN1c2ccc(C=C3c4ccccc4C=Cc4ccccc43)cc2C=Cc2cc(C=C3c4ccccc4C=CC4CCCCC34)ccc21. The summed E-state index contributed by atoms with van der Waals surface area (Å²) < 4.78 is 0. The standard InChI is InChI=1S/C48H41N/c1-2-49-47-27-19-33(31-45-41-15-7-3-11-35(41)21-22-36-12-4-8-16-42(36)45)29-39(47)25-26-40-30-34(20-28-48(40)49)32-46-43-17-9-5-13-37(43)23-24-38-14-6-10-18-44(38)46/h3-5,7-9,11-13,15-17,19-32,38,44H,2,6,10,14,18H2,1H3. The van der Waals surface area contributed by atoms with E-state index in [2.05, 4.69) is 170 Å². The first-order valence-electron chi connectivity index (χ1n) is 18.0. The zero-order valence-electron chi connectivity index (χ0n) is 28.1. The fourth-order valence-electron chi connectivity index (χ4n) is 8.63. The van der Waals surface area contributed by atoms with Gasteiger partial charge in [0.05, 0.1) is 0 Å². The summed E-state index contributed by atoms with van der Waals surface area (Å²) in [6.45, 7) is 3.16. The number of anilines is 2. The van der Waals surface area contributed by atoms with E-state index in [9.17, 15) is 0 Å². The quantitative estimate of drug-likeness (QED) is 0.188. The number of rotatable bonds is 3. The Morgan fingerprint density at radius 1 is 0.551 bits per heavy atom. The van der Waals surface area contributed by atoms with Crippen LogP contribution in [0.1, 0.15) is 88.2 Å². The van der Waals surface area contributed by atoms with Crippen molar-refractivity contribution in [2.75, 3.05) is 11.4 Å². The molecular formula is C48H41N. The third-order valence-electron chi connectivity index (χ3n) is 11.0. The molecule has 0 N–H and O–H groups in total. The molecule has 3 aliphatic carbocycles. The van der Waals surface area contributed by atoms with Crippen LogP contribution >= 0.6 is 0 Å². The summed E-state index contributed by atoms with van der Waals surface area (Å²) in [6.07, 6.45) is 24.1. The van der Waals surface area contributed by atoms with Crippen molar-refractivity contribution in [1.29, 1.82) is 0 Å². The van der Waals surface area contributed by atoms with E-state index in [-0.39, 0.29) is 0 Å². The van der Waals surface area contributed by atoms with Crippen LogP contribution < -0.4 is 4.90 Å². The van der Waals surface area contributed by atoms with Crippen molar-refractivity contribution in [2.24, 2.45) is 11.8 Å². The molecular weight excluding hydrogens is 591 g/mol. The summed E-state index contributed by atoms with van der Waals surface area (Å²) in [5, 5.41) is 0. The summed E-state index contributed by atoms with van der Waals surface area (Å²) in [5.74, 6) is 1.20. The Labute approximate surface area is 291 Å². The highest BCUT2D eigenvalue weighted by Crippen LogP contribution is 2.45. The minimum absolute atomic E-state index is 0.579. The fourth-order valence-corrected chi connectivity index (χ4v) is 8.63. The molecule has 0 bridgehead atoms. The Hall–Kier alpha value is -5.40. The lowest BCUT2D eigenvalue weighted by atomic mass is 9.74. The van der Waals surface area contributed by atoms with Crippen LogP contribution in [0.25, 0.3) is 53.7 Å². The number of hydrogen-bond acceptors (Lipinski definition) is 1. The average molecular weight is 632 g/mol. The van der Waals surface area contributed by atoms with Gasteiger partial charge in [0.2, 0.25) is 0 Å². The summed E-state index contributed by atoms with van der Waals surface area (Å²) in [4.78, 5) is 2.47. The van der Waals surface area contributed by atoms with Gasteiger partial charge in [-0.05, 0) is 129 Å². The van der Waals surface area contributed by atoms with Crippen molar-refractivity contribution in [3.05, 3.63) is 171 Å². The first kappa shape index (κ1) is 29.7. The van der Waals surface area contributed by atoms with Gasteiger partial charge in [-0.15, -0.1) is 0 Å². The van der Waals surface area contributed by atoms with E-state index in [1.54, 1.807) is 0 Å². The van der Waals surface area contributed by atoms with Gasteiger partial charge in [-0.25, -0.2) is 0 Å². The monoisotopic (exact) mass is 631 g/mol. The molecule has 49 heavy (non-hydrogen) atoms. The highest BCUT2D eigenvalue weighted by molar-refractivity contribution is 6.01. The second kappa shape index (κ2) is 12.6. The Bertz CT molecular complexity index is 2190. The van der Waals surface area contributed by atoms with E-state index in [4.69, 9.17) is 0 Å². The molecule has 0 radical (unpaired) electrons. The third kappa shape index (κ3) is 5.44. The van der Waals surface area contributed by atoms with Crippen molar-refractivity contribution in [1.82, 2.24) is 0 Å². The Morgan fingerprint density at radius 2 is 1.08 bits per heavy atom. The minimum Gasteiger partial charge on any atom is -0.341 e. The van der Waals surface area contributed by atoms with Crippen molar-refractivity contribution in [2.45, 2.75) is 32.6 Å². The molecule has 2 unspecified atom stereocenters. The lowest BCUT2D eigenvalue weighted by molar-refractivity contribution is 0.349. The lowest BCUT2D eigenvalue weighted by Crippen LogP contribution is -2.18. The van der Waals surface area contributed by atoms with E-state index in [1.807, 2.05) is 0 Å². The molecule has 0 spiro atoms. The van der Waals surface area contributed by atoms with Crippen LogP contribution in [0.2, 0.25) is 0 Å². The van der Waals surface area contributed by atoms with Crippen molar-refractivity contribution in [3.63, 3.8) is 0 Å². The normalized spacial score (nSPS) is 19.4. The first-order chi connectivity index (χ1) is 24.2. The smallest absolute Gasteiger partial charge is 0.0484 e. The third-order valence-corrected chi connectivity index (χ3v) is 11.0. The Balaban J connectivity index is 1.11. The molecule has 2 atom stereocenters. The molecule has 0 saturated heterocycles. The maximum atomic E-state index is 2.50. The molecule has 1 heteroatoms. The Kier molecular flexibility index (Phi) is 7.62. The van der Waals surface area contributed by atoms with Crippen molar-refractivity contribution < 1.29 is 0 Å². The second-order valence-electron chi connectivity index (χ2n) is 13.9. The molecule has 1 nitrogen and oxygen atoms in total. The molecule has 5 aromatic carbocycles. The number of fused-ring (bicyclic) bond motifs is 6. The predicted molar refractivity (Wildman–Crippen MR) is 212 cm³/mol. The maximum Gasteiger partial charge on any atom is 0.0484 e. The largest absolute Gasteiger partial charge is 0.341 e. The van der Waals surface area contributed by atoms with Crippen molar-refractivity contribution >= 4 is 65.1 Å². The van der Waals surface area contributed by atoms with E-state index in [1.165, 1.54) is 104 Å². The number of hydrogen-bond donors (Lipinski definition) is 0. The van der Waals surface area contributed by atoms with Crippen LogP contribution in [0.3, 0.4) is 0 Å². The van der Waals surface area contributed by atoms with E-state index >= 15 is 0 Å². The van der Waals surface area contributed by atoms with Gasteiger partial charge in [0.25, 0.3) is 0 Å². The first-order valence-corrected chi connectivity index (χ1v) is 18.0. The molecule has 238 valence electrons. The lowest BCUT2D eigenvalue weighted by Gasteiger charge is -2.31. The second-order valence-corrected chi connectivity index (χ2v) is 13.9. The van der Waals surface area contributed by atoms with E-state index < -0.39 is 0 Å².